The van der Waals surface area contributed by atoms with Crippen molar-refractivity contribution in [1.82, 2.24) is 0 Å². The first-order chi connectivity index (χ1) is 11.0. The lowest BCUT2D eigenvalue weighted by Gasteiger charge is -2.31. The summed E-state index contributed by atoms with van der Waals surface area (Å²) in [6.45, 7) is 12.0. The number of hydrogen-bond donors (Lipinski definition) is 0. The maximum Gasteiger partial charge on any atom is -0.0354 e. The van der Waals surface area contributed by atoms with Gasteiger partial charge in [-0.1, -0.05) is 125 Å². The SMILES string of the molecule is CCCCCCCCCCC(CCCCCCCC)C(C)(C)C. The maximum atomic E-state index is 2.46. The van der Waals surface area contributed by atoms with Crippen LogP contribution in [0.1, 0.15) is 137 Å². The predicted octanol–water partition coefficient (Wildman–Crippen LogP) is 8.93. The zero-order valence-electron chi connectivity index (χ0n) is 17.4. The minimum Gasteiger partial charge on any atom is -0.0654 e. The van der Waals surface area contributed by atoms with Crippen molar-refractivity contribution in [2.45, 2.75) is 137 Å². The van der Waals surface area contributed by atoms with Crippen LogP contribution < -0.4 is 0 Å². The highest BCUT2D eigenvalue weighted by Crippen LogP contribution is 2.34. The van der Waals surface area contributed by atoms with Gasteiger partial charge >= 0.3 is 0 Å². The van der Waals surface area contributed by atoms with E-state index in [0.717, 1.165) is 5.92 Å². The van der Waals surface area contributed by atoms with E-state index in [0.29, 0.717) is 5.41 Å². The molecule has 140 valence electrons. The Morgan fingerprint density at radius 1 is 0.478 bits per heavy atom. The van der Waals surface area contributed by atoms with Gasteiger partial charge in [0.1, 0.15) is 0 Å². The van der Waals surface area contributed by atoms with Gasteiger partial charge in [-0.15, -0.1) is 0 Å². The monoisotopic (exact) mass is 324 g/mol. The van der Waals surface area contributed by atoms with E-state index in [1.165, 1.54) is 103 Å². The second kappa shape index (κ2) is 15.5. The highest BCUT2D eigenvalue weighted by molar-refractivity contribution is 4.74. The van der Waals surface area contributed by atoms with Crippen molar-refractivity contribution < 1.29 is 0 Å². The Labute approximate surface area is 149 Å². The molecule has 0 radical (unpaired) electrons. The first kappa shape index (κ1) is 23.0. The summed E-state index contributed by atoms with van der Waals surface area (Å²) in [5.74, 6) is 0.939. The van der Waals surface area contributed by atoms with Crippen molar-refractivity contribution in [3.05, 3.63) is 0 Å². The summed E-state index contributed by atoms with van der Waals surface area (Å²) in [5.41, 5.74) is 0.505. The third kappa shape index (κ3) is 15.3. The van der Waals surface area contributed by atoms with Crippen LogP contribution in [0.4, 0.5) is 0 Å². The lowest BCUT2D eigenvalue weighted by Crippen LogP contribution is -2.20. The molecule has 0 fully saturated rings. The molecule has 0 aliphatic rings. The zero-order chi connectivity index (χ0) is 17.4. The molecule has 0 spiro atoms. The lowest BCUT2D eigenvalue weighted by molar-refractivity contribution is 0.201. The van der Waals surface area contributed by atoms with Crippen molar-refractivity contribution in [1.29, 1.82) is 0 Å². The molecule has 0 saturated heterocycles. The fourth-order valence-corrected chi connectivity index (χ4v) is 3.71. The van der Waals surface area contributed by atoms with E-state index in [2.05, 4.69) is 34.6 Å². The van der Waals surface area contributed by atoms with Crippen molar-refractivity contribution in [2.75, 3.05) is 0 Å². The summed E-state index contributed by atoms with van der Waals surface area (Å²) in [4.78, 5) is 0. The highest BCUT2D eigenvalue weighted by atomic mass is 14.3. The van der Waals surface area contributed by atoms with Crippen LogP contribution in [-0.4, -0.2) is 0 Å². The van der Waals surface area contributed by atoms with Crippen molar-refractivity contribution in [2.24, 2.45) is 11.3 Å². The van der Waals surface area contributed by atoms with Crippen LogP contribution in [0.25, 0.3) is 0 Å². The summed E-state index contributed by atoms with van der Waals surface area (Å²) >= 11 is 0. The van der Waals surface area contributed by atoms with E-state index in [1.54, 1.807) is 0 Å². The fraction of sp³-hybridized carbons (Fsp3) is 1.00. The van der Waals surface area contributed by atoms with Crippen molar-refractivity contribution >= 4 is 0 Å². The summed E-state index contributed by atoms with van der Waals surface area (Å²) in [6, 6.07) is 0. The third-order valence-corrected chi connectivity index (χ3v) is 5.54. The molecule has 0 rings (SSSR count). The molecule has 1 atom stereocenters. The van der Waals surface area contributed by atoms with E-state index in [-0.39, 0.29) is 0 Å². The van der Waals surface area contributed by atoms with Crippen LogP contribution in [-0.2, 0) is 0 Å². The molecule has 0 aromatic rings. The van der Waals surface area contributed by atoms with Gasteiger partial charge in [0.15, 0.2) is 0 Å². The molecule has 0 heteroatoms. The lowest BCUT2D eigenvalue weighted by atomic mass is 9.75. The Hall–Kier alpha value is 0. The molecule has 0 aromatic heterocycles. The standard InChI is InChI=1S/C23H48/c1-6-8-10-12-14-15-17-19-21-22(23(3,4)5)20-18-16-13-11-9-7-2/h22H,6-21H2,1-5H3. The van der Waals surface area contributed by atoms with Gasteiger partial charge in [-0.3, -0.25) is 0 Å². The maximum absolute atomic E-state index is 2.46. The largest absolute Gasteiger partial charge is 0.0654 e. The average molecular weight is 325 g/mol. The van der Waals surface area contributed by atoms with E-state index < -0.39 is 0 Å². The molecule has 23 heavy (non-hydrogen) atoms. The van der Waals surface area contributed by atoms with Crippen molar-refractivity contribution in [3.63, 3.8) is 0 Å². The van der Waals surface area contributed by atoms with E-state index in [1.807, 2.05) is 0 Å². The van der Waals surface area contributed by atoms with Gasteiger partial charge in [0.25, 0.3) is 0 Å². The average Bonchev–Trinajstić information content (AvgIpc) is 2.50. The minimum absolute atomic E-state index is 0.505. The van der Waals surface area contributed by atoms with Gasteiger partial charge in [0.05, 0.1) is 0 Å². The second-order valence-electron chi connectivity index (χ2n) is 8.88. The fourth-order valence-electron chi connectivity index (χ4n) is 3.71. The summed E-state index contributed by atoms with van der Waals surface area (Å²) in [5, 5.41) is 0. The smallest absolute Gasteiger partial charge is 0.0354 e. The van der Waals surface area contributed by atoms with Gasteiger partial charge in [0.2, 0.25) is 0 Å². The third-order valence-electron chi connectivity index (χ3n) is 5.54. The highest BCUT2D eigenvalue weighted by Gasteiger charge is 2.23. The molecular weight excluding hydrogens is 276 g/mol. The van der Waals surface area contributed by atoms with Gasteiger partial charge < -0.3 is 0 Å². The topological polar surface area (TPSA) is 0 Å². The van der Waals surface area contributed by atoms with Gasteiger partial charge in [-0.05, 0) is 24.2 Å². The summed E-state index contributed by atoms with van der Waals surface area (Å²) in [7, 11) is 0. The Morgan fingerprint density at radius 2 is 0.783 bits per heavy atom. The van der Waals surface area contributed by atoms with Gasteiger partial charge in [-0.2, -0.15) is 0 Å². The normalized spacial score (nSPS) is 13.4. The molecule has 0 heterocycles. The van der Waals surface area contributed by atoms with Crippen LogP contribution in [0.15, 0.2) is 0 Å². The molecular formula is C23H48. The zero-order valence-corrected chi connectivity index (χ0v) is 17.4. The number of hydrogen-bond acceptors (Lipinski definition) is 0. The Bertz CT molecular complexity index is 223. The molecule has 0 N–H and O–H groups in total. The molecule has 0 bridgehead atoms. The molecule has 0 aromatic carbocycles. The second-order valence-corrected chi connectivity index (χ2v) is 8.88. The van der Waals surface area contributed by atoms with E-state index in [9.17, 15) is 0 Å². The van der Waals surface area contributed by atoms with Crippen molar-refractivity contribution in [3.8, 4) is 0 Å². The molecule has 0 saturated carbocycles. The first-order valence-electron chi connectivity index (χ1n) is 11.0. The van der Waals surface area contributed by atoms with E-state index >= 15 is 0 Å². The number of rotatable bonds is 16. The molecule has 0 amide bonds. The summed E-state index contributed by atoms with van der Waals surface area (Å²) in [6.07, 6.45) is 23.2. The molecule has 1 unspecified atom stereocenters. The van der Waals surface area contributed by atoms with Crippen LogP contribution >= 0.6 is 0 Å². The Balaban J connectivity index is 3.69. The minimum atomic E-state index is 0.505. The van der Waals surface area contributed by atoms with Gasteiger partial charge in [0, 0.05) is 0 Å². The van der Waals surface area contributed by atoms with E-state index in [4.69, 9.17) is 0 Å². The Morgan fingerprint density at radius 3 is 1.09 bits per heavy atom. The first-order valence-corrected chi connectivity index (χ1v) is 11.0. The van der Waals surface area contributed by atoms with Gasteiger partial charge in [-0.25, -0.2) is 0 Å². The van der Waals surface area contributed by atoms with Crippen LogP contribution in [0.5, 0.6) is 0 Å². The summed E-state index contributed by atoms with van der Waals surface area (Å²) < 4.78 is 0. The van der Waals surface area contributed by atoms with Crippen LogP contribution in [0, 0.1) is 11.3 Å². The van der Waals surface area contributed by atoms with Crippen LogP contribution in [0.3, 0.4) is 0 Å². The molecule has 0 aliphatic carbocycles. The van der Waals surface area contributed by atoms with Crippen LogP contribution in [0.2, 0.25) is 0 Å². The predicted molar refractivity (Wildman–Crippen MR) is 108 cm³/mol. The number of unbranched alkanes of at least 4 members (excludes halogenated alkanes) is 12. The molecule has 0 nitrogen and oxygen atoms in total. The Kier molecular flexibility index (Phi) is 15.5. The quantitative estimate of drug-likeness (QED) is 0.248. The molecule has 0 aliphatic heterocycles.